The summed E-state index contributed by atoms with van der Waals surface area (Å²) in [6, 6.07) is 3.52. The molecule has 0 radical (unpaired) electrons. The maximum atomic E-state index is 13.9. The predicted octanol–water partition coefficient (Wildman–Crippen LogP) is 2.69. The molecule has 0 unspecified atom stereocenters. The molecule has 1 aliphatic carbocycles. The van der Waals surface area contributed by atoms with Gasteiger partial charge in [0.05, 0.1) is 12.1 Å². The quantitative estimate of drug-likeness (QED) is 0.699. The van der Waals surface area contributed by atoms with Crippen molar-refractivity contribution in [2.75, 3.05) is 6.54 Å². The van der Waals surface area contributed by atoms with E-state index >= 15 is 0 Å². The molecule has 1 amide bonds. The number of pyridine rings is 1. The van der Waals surface area contributed by atoms with Crippen molar-refractivity contribution < 1.29 is 23.5 Å². The number of ketones is 1. The summed E-state index contributed by atoms with van der Waals surface area (Å²) in [5.41, 5.74) is -1.07. The van der Waals surface area contributed by atoms with Crippen LogP contribution in [0.5, 0.6) is 5.75 Å². The van der Waals surface area contributed by atoms with Crippen molar-refractivity contribution in [3.8, 4) is 5.75 Å². The zero-order chi connectivity index (χ0) is 23.4. The first kappa shape index (κ1) is 21.8. The van der Waals surface area contributed by atoms with Gasteiger partial charge in [0.15, 0.2) is 17.2 Å². The Morgan fingerprint density at radius 2 is 1.94 bits per heavy atom. The van der Waals surface area contributed by atoms with Gasteiger partial charge in [-0.05, 0) is 44.2 Å². The second kappa shape index (κ2) is 8.06. The fourth-order valence-corrected chi connectivity index (χ4v) is 5.06. The van der Waals surface area contributed by atoms with Gasteiger partial charge in [0.1, 0.15) is 17.8 Å². The van der Waals surface area contributed by atoms with Gasteiger partial charge in [0, 0.05) is 37.3 Å². The molecule has 1 saturated carbocycles. The van der Waals surface area contributed by atoms with Gasteiger partial charge in [0.2, 0.25) is 5.43 Å². The Labute approximate surface area is 189 Å². The van der Waals surface area contributed by atoms with E-state index in [2.05, 4.69) is 4.90 Å². The third-order valence-electron chi connectivity index (χ3n) is 6.99. The average Bonchev–Trinajstić information content (AvgIpc) is 3.60. The number of rotatable bonds is 5. The number of aromatic nitrogens is 1. The molecule has 5 rings (SSSR count). The summed E-state index contributed by atoms with van der Waals surface area (Å²) < 4.78 is 28.5. The van der Waals surface area contributed by atoms with Crippen molar-refractivity contribution >= 4 is 11.7 Å². The van der Waals surface area contributed by atoms with Crippen molar-refractivity contribution in [3.63, 3.8) is 0 Å². The molecule has 7 nitrogen and oxygen atoms in total. The predicted molar refractivity (Wildman–Crippen MR) is 115 cm³/mol. The Balaban J connectivity index is 1.45. The zero-order valence-electron chi connectivity index (χ0n) is 18.3. The summed E-state index contributed by atoms with van der Waals surface area (Å²) in [7, 11) is 0. The van der Waals surface area contributed by atoms with E-state index in [-0.39, 0.29) is 41.9 Å². The number of hydrogen-bond donors (Lipinski definition) is 1. The van der Waals surface area contributed by atoms with Crippen LogP contribution in [0.4, 0.5) is 8.78 Å². The van der Waals surface area contributed by atoms with Crippen molar-refractivity contribution in [1.82, 2.24) is 14.4 Å². The van der Waals surface area contributed by atoms with Crippen LogP contribution >= 0.6 is 0 Å². The number of benzene rings is 1. The third kappa shape index (κ3) is 3.74. The highest BCUT2D eigenvalue weighted by Gasteiger charge is 2.47. The van der Waals surface area contributed by atoms with E-state index < -0.39 is 34.5 Å². The van der Waals surface area contributed by atoms with Crippen molar-refractivity contribution in [1.29, 1.82) is 0 Å². The number of carbonyl (C=O) groups excluding carboxylic acids is 2. The number of carbonyl (C=O) groups is 2. The second-order valence-corrected chi connectivity index (χ2v) is 9.18. The van der Waals surface area contributed by atoms with Crippen LogP contribution in [-0.4, -0.2) is 56.0 Å². The smallest absolute Gasteiger partial charge is 0.276 e. The van der Waals surface area contributed by atoms with Gasteiger partial charge < -0.3 is 14.6 Å². The van der Waals surface area contributed by atoms with Gasteiger partial charge in [-0.25, -0.2) is 8.78 Å². The standard InChI is InChI=1S/C24H25F2N3O4/c1-13-8-9-28(16-5-6-16)20-12-27-11-17(22(31)23(32)21(27)24(33)29(13)20)19(30)7-3-14-2-4-15(25)10-18(14)26/h2,4,10-11,13,16,20,32H,3,5-9,12H2,1H3/t13-,20-/m0/s1. The van der Waals surface area contributed by atoms with Gasteiger partial charge in [-0.15, -0.1) is 0 Å². The Kier molecular flexibility index (Phi) is 5.31. The molecule has 2 aromatic rings. The lowest BCUT2D eigenvalue weighted by atomic mass is 10.00. The molecular formula is C24H25F2N3O4. The summed E-state index contributed by atoms with van der Waals surface area (Å²) in [6.45, 7) is 3.19. The minimum atomic E-state index is -0.902. The first-order chi connectivity index (χ1) is 15.8. The summed E-state index contributed by atoms with van der Waals surface area (Å²) in [4.78, 5) is 43.0. The number of halogens is 2. The van der Waals surface area contributed by atoms with Crippen molar-refractivity contribution in [3.05, 3.63) is 63.1 Å². The number of amides is 1. The van der Waals surface area contributed by atoms with Crippen LogP contribution in [0.2, 0.25) is 0 Å². The van der Waals surface area contributed by atoms with Crippen LogP contribution in [0, 0.1) is 11.6 Å². The van der Waals surface area contributed by atoms with Crippen molar-refractivity contribution in [2.45, 2.75) is 63.8 Å². The van der Waals surface area contributed by atoms with E-state index in [9.17, 15) is 28.3 Å². The van der Waals surface area contributed by atoms with Gasteiger partial charge in [0.25, 0.3) is 5.91 Å². The molecule has 1 N–H and O–H groups in total. The highest BCUT2D eigenvalue weighted by Crippen LogP contribution is 2.37. The molecule has 0 spiro atoms. The Hall–Kier alpha value is -3.07. The maximum absolute atomic E-state index is 13.9. The Morgan fingerprint density at radius 1 is 1.18 bits per heavy atom. The first-order valence-electron chi connectivity index (χ1n) is 11.3. The number of aryl methyl sites for hydroxylation is 1. The molecule has 2 atom stereocenters. The maximum Gasteiger partial charge on any atom is 0.276 e. The lowest BCUT2D eigenvalue weighted by Gasteiger charge is -2.50. The Morgan fingerprint density at radius 3 is 2.64 bits per heavy atom. The molecule has 3 aliphatic rings. The lowest BCUT2D eigenvalue weighted by Crippen LogP contribution is -2.64. The highest BCUT2D eigenvalue weighted by atomic mass is 19.1. The average molecular weight is 457 g/mol. The normalized spacial score (nSPS) is 22.8. The van der Waals surface area contributed by atoms with E-state index in [0.29, 0.717) is 12.6 Å². The number of hydrogen-bond acceptors (Lipinski definition) is 5. The summed E-state index contributed by atoms with van der Waals surface area (Å²) >= 11 is 0. The Bertz CT molecular complexity index is 1210. The molecule has 1 aromatic heterocycles. The number of aromatic hydroxyl groups is 1. The van der Waals surface area contributed by atoms with E-state index in [0.717, 1.165) is 37.9 Å². The SMILES string of the molecule is C[C@H]1CCN(C2CC2)[C@@H]2Cn3cc(C(=O)CCc4ccc(F)cc4F)c(=O)c(O)c3C(=O)N12. The number of nitrogens with zero attached hydrogens (tertiary/aromatic N) is 3. The van der Waals surface area contributed by atoms with Crippen LogP contribution in [0.15, 0.2) is 29.2 Å². The summed E-state index contributed by atoms with van der Waals surface area (Å²) in [5.74, 6) is -3.18. The molecule has 9 heteroatoms. The van der Waals surface area contributed by atoms with Crippen LogP contribution in [-0.2, 0) is 13.0 Å². The molecule has 2 aliphatic heterocycles. The lowest BCUT2D eigenvalue weighted by molar-refractivity contribution is -0.0362. The summed E-state index contributed by atoms with van der Waals surface area (Å²) in [6.07, 6.45) is 3.93. The summed E-state index contributed by atoms with van der Waals surface area (Å²) in [5, 5.41) is 10.6. The van der Waals surface area contributed by atoms with Crippen LogP contribution in [0.25, 0.3) is 0 Å². The van der Waals surface area contributed by atoms with E-state index in [4.69, 9.17) is 0 Å². The first-order valence-corrected chi connectivity index (χ1v) is 11.3. The van der Waals surface area contributed by atoms with Crippen LogP contribution in [0.1, 0.15) is 59.0 Å². The molecule has 174 valence electrons. The van der Waals surface area contributed by atoms with Gasteiger partial charge in [-0.2, -0.15) is 0 Å². The fraction of sp³-hybridized carbons (Fsp3) is 0.458. The van der Waals surface area contributed by atoms with E-state index in [1.165, 1.54) is 16.8 Å². The minimum absolute atomic E-state index is 0.0186. The fourth-order valence-electron chi connectivity index (χ4n) is 5.06. The monoisotopic (exact) mass is 457 g/mol. The van der Waals surface area contributed by atoms with Crippen LogP contribution < -0.4 is 5.43 Å². The van der Waals surface area contributed by atoms with E-state index in [1.54, 1.807) is 4.90 Å². The molecule has 0 bridgehead atoms. The van der Waals surface area contributed by atoms with Gasteiger partial charge >= 0.3 is 0 Å². The second-order valence-electron chi connectivity index (χ2n) is 9.18. The number of Topliss-reactive ketones (excluding diaryl/α,β-unsaturated/α-hetero) is 1. The van der Waals surface area contributed by atoms with E-state index in [1.807, 2.05) is 6.92 Å². The third-order valence-corrected chi connectivity index (χ3v) is 6.99. The minimum Gasteiger partial charge on any atom is -0.503 e. The van der Waals surface area contributed by atoms with Crippen LogP contribution in [0.3, 0.4) is 0 Å². The number of fused-ring (bicyclic) bond motifs is 2. The van der Waals surface area contributed by atoms with Crippen molar-refractivity contribution in [2.24, 2.45) is 0 Å². The van der Waals surface area contributed by atoms with Gasteiger partial charge in [-0.1, -0.05) is 6.07 Å². The molecule has 3 heterocycles. The largest absolute Gasteiger partial charge is 0.503 e. The van der Waals surface area contributed by atoms with Gasteiger partial charge in [-0.3, -0.25) is 19.3 Å². The molecule has 1 saturated heterocycles. The molecule has 33 heavy (non-hydrogen) atoms. The molecular weight excluding hydrogens is 432 g/mol. The molecule has 1 aromatic carbocycles. The zero-order valence-corrected chi connectivity index (χ0v) is 18.3. The topological polar surface area (TPSA) is 82.9 Å². The highest BCUT2D eigenvalue weighted by molar-refractivity contribution is 6.00. The molecule has 2 fully saturated rings.